The number of likely N-dealkylation sites (N-methyl/N-ethyl adjacent to an activating group) is 1. The number of amides is 1. The molecule has 7 nitrogen and oxygen atoms in total. The van der Waals surface area contributed by atoms with E-state index in [-0.39, 0.29) is 17.9 Å². The first-order chi connectivity index (χ1) is 14.9. The number of aliphatic imine (C=N–C) groups is 1. The third-order valence-corrected chi connectivity index (χ3v) is 6.68. The third kappa shape index (κ3) is 4.12. The highest BCUT2D eigenvalue weighted by atomic mass is 32.2. The van der Waals surface area contributed by atoms with E-state index in [0.717, 1.165) is 13.1 Å². The van der Waals surface area contributed by atoms with E-state index in [0.29, 0.717) is 35.2 Å². The smallest absolute Gasteiger partial charge is 0.338 e. The van der Waals surface area contributed by atoms with Crippen LogP contribution < -0.4 is 0 Å². The van der Waals surface area contributed by atoms with Crippen molar-refractivity contribution in [3.8, 4) is 0 Å². The van der Waals surface area contributed by atoms with Gasteiger partial charge in [-0.2, -0.15) is 0 Å². The molecule has 1 atom stereocenters. The van der Waals surface area contributed by atoms with E-state index in [2.05, 4.69) is 9.89 Å². The number of allylic oxidation sites excluding steroid dienone is 1. The van der Waals surface area contributed by atoms with Crippen LogP contribution in [0.15, 0.2) is 51.6 Å². The lowest BCUT2D eigenvalue weighted by Crippen LogP contribution is -2.47. The van der Waals surface area contributed by atoms with Crippen LogP contribution >= 0.6 is 11.8 Å². The number of nitrogens with zero attached hydrogens (tertiary/aromatic N) is 4. The SMILES string of the molecule is COC(=O)C1=C(C)N=C2SC=C(CC(=O)N3CCN(C)CC3)N2[C@H]1c1ccccc1F. The van der Waals surface area contributed by atoms with E-state index >= 15 is 0 Å². The molecule has 4 rings (SSSR count). The Kier molecular flexibility index (Phi) is 6.15. The van der Waals surface area contributed by atoms with Crippen molar-refractivity contribution >= 4 is 28.8 Å². The van der Waals surface area contributed by atoms with Gasteiger partial charge in [-0.3, -0.25) is 4.79 Å². The number of benzene rings is 1. The van der Waals surface area contributed by atoms with Crippen LogP contribution in [0.5, 0.6) is 0 Å². The fourth-order valence-electron chi connectivity index (χ4n) is 4.05. The molecule has 31 heavy (non-hydrogen) atoms. The van der Waals surface area contributed by atoms with Crippen LogP contribution in [0.25, 0.3) is 0 Å². The Morgan fingerprint density at radius 2 is 1.94 bits per heavy atom. The Hall–Kier alpha value is -2.65. The number of esters is 1. The third-order valence-electron chi connectivity index (χ3n) is 5.79. The second kappa shape index (κ2) is 8.84. The van der Waals surface area contributed by atoms with Crippen LogP contribution in [0.3, 0.4) is 0 Å². The van der Waals surface area contributed by atoms with Gasteiger partial charge in [0, 0.05) is 37.4 Å². The molecule has 1 aromatic carbocycles. The van der Waals surface area contributed by atoms with E-state index in [9.17, 15) is 14.0 Å². The summed E-state index contributed by atoms with van der Waals surface area (Å²) in [6, 6.07) is 5.62. The van der Waals surface area contributed by atoms with Gasteiger partial charge in [0.25, 0.3) is 0 Å². The van der Waals surface area contributed by atoms with Crippen LogP contribution in [-0.2, 0) is 14.3 Å². The summed E-state index contributed by atoms with van der Waals surface area (Å²) in [5, 5.41) is 2.49. The van der Waals surface area contributed by atoms with Crippen molar-refractivity contribution in [2.75, 3.05) is 40.3 Å². The molecule has 0 aliphatic carbocycles. The molecule has 3 heterocycles. The molecule has 0 radical (unpaired) electrons. The zero-order valence-electron chi connectivity index (χ0n) is 17.8. The maximum Gasteiger partial charge on any atom is 0.338 e. The van der Waals surface area contributed by atoms with Crippen LogP contribution in [0.2, 0.25) is 0 Å². The van der Waals surface area contributed by atoms with Gasteiger partial charge in [0.05, 0.1) is 30.8 Å². The summed E-state index contributed by atoms with van der Waals surface area (Å²) in [7, 11) is 3.34. The second-order valence-corrected chi connectivity index (χ2v) is 8.60. The summed E-state index contributed by atoms with van der Waals surface area (Å²) in [5.41, 5.74) is 1.81. The molecule has 0 saturated carbocycles. The van der Waals surface area contributed by atoms with Gasteiger partial charge in [-0.25, -0.2) is 14.2 Å². The van der Waals surface area contributed by atoms with Crippen LogP contribution in [0, 0.1) is 5.82 Å². The van der Waals surface area contributed by atoms with Gasteiger partial charge in [-0.05, 0) is 25.4 Å². The minimum Gasteiger partial charge on any atom is -0.466 e. The number of carbonyl (C=O) groups is 2. The summed E-state index contributed by atoms with van der Waals surface area (Å²) in [6.07, 6.45) is 0.161. The van der Waals surface area contributed by atoms with Crippen molar-refractivity contribution in [1.29, 1.82) is 0 Å². The van der Waals surface area contributed by atoms with Crippen molar-refractivity contribution in [3.05, 3.63) is 58.0 Å². The Labute approximate surface area is 185 Å². The van der Waals surface area contributed by atoms with Crippen molar-refractivity contribution in [2.45, 2.75) is 19.4 Å². The summed E-state index contributed by atoms with van der Waals surface area (Å²) in [4.78, 5) is 36.1. The number of halogens is 1. The number of hydrogen-bond acceptors (Lipinski definition) is 7. The molecule has 0 N–H and O–H groups in total. The minimum atomic E-state index is -0.748. The van der Waals surface area contributed by atoms with Crippen molar-refractivity contribution in [1.82, 2.24) is 14.7 Å². The first kappa shape index (κ1) is 21.6. The molecule has 1 aromatic rings. The number of amidine groups is 1. The first-order valence-corrected chi connectivity index (χ1v) is 11.0. The molecule has 3 aliphatic heterocycles. The number of rotatable bonds is 4. The van der Waals surface area contributed by atoms with Gasteiger partial charge in [0.1, 0.15) is 5.82 Å². The fourth-order valence-corrected chi connectivity index (χ4v) is 5.02. The second-order valence-electron chi connectivity index (χ2n) is 7.77. The van der Waals surface area contributed by atoms with E-state index in [1.807, 2.05) is 17.4 Å². The van der Waals surface area contributed by atoms with Gasteiger partial charge < -0.3 is 19.4 Å². The highest BCUT2D eigenvalue weighted by molar-refractivity contribution is 8.16. The predicted molar refractivity (Wildman–Crippen MR) is 117 cm³/mol. The zero-order valence-corrected chi connectivity index (χ0v) is 18.6. The molecule has 0 aromatic heterocycles. The first-order valence-electron chi connectivity index (χ1n) is 10.1. The van der Waals surface area contributed by atoms with Crippen molar-refractivity contribution in [3.63, 3.8) is 0 Å². The number of fused-ring (bicyclic) bond motifs is 1. The molecule has 0 unspecified atom stereocenters. The van der Waals surface area contributed by atoms with Gasteiger partial charge in [0.2, 0.25) is 5.91 Å². The number of methoxy groups -OCH3 is 1. The average molecular weight is 445 g/mol. The maximum atomic E-state index is 14.9. The molecule has 1 saturated heterocycles. The summed E-state index contributed by atoms with van der Waals surface area (Å²) >= 11 is 1.38. The van der Waals surface area contributed by atoms with Crippen molar-refractivity contribution in [2.24, 2.45) is 4.99 Å². The Balaban J connectivity index is 1.68. The van der Waals surface area contributed by atoms with Gasteiger partial charge >= 0.3 is 5.97 Å². The fraction of sp³-hybridized carbons (Fsp3) is 0.409. The normalized spacial score (nSPS) is 21.6. The largest absolute Gasteiger partial charge is 0.466 e. The predicted octanol–water partition coefficient (Wildman–Crippen LogP) is 2.74. The molecular weight excluding hydrogens is 419 g/mol. The van der Waals surface area contributed by atoms with Gasteiger partial charge in [-0.1, -0.05) is 30.0 Å². The number of hydrogen-bond donors (Lipinski definition) is 0. The minimum absolute atomic E-state index is 0.0133. The molecule has 3 aliphatic rings. The molecule has 0 spiro atoms. The number of ether oxygens (including phenoxy) is 1. The Morgan fingerprint density at radius 1 is 1.23 bits per heavy atom. The number of thioether (sulfide) groups is 1. The maximum absolute atomic E-state index is 14.9. The highest BCUT2D eigenvalue weighted by Crippen LogP contribution is 2.45. The molecular formula is C22H25FN4O3S. The lowest BCUT2D eigenvalue weighted by Gasteiger charge is -2.37. The van der Waals surface area contributed by atoms with Crippen LogP contribution in [0.1, 0.15) is 24.9 Å². The van der Waals surface area contributed by atoms with Gasteiger partial charge in [-0.15, -0.1) is 0 Å². The van der Waals surface area contributed by atoms with E-state index < -0.39 is 17.8 Å². The lowest BCUT2D eigenvalue weighted by molar-refractivity contribution is -0.136. The monoisotopic (exact) mass is 444 g/mol. The quantitative estimate of drug-likeness (QED) is 0.666. The van der Waals surface area contributed by atoms with Crippen LogP contribution in [0.4, 0.5) is 4.39 Å². The Morgan fingerprint density at radius 3 is 2.61 bits per heavy atom. The highest BCUT2D eigenvalue weighted by Gasteiger charge is 2.42. The number of carbonyl (C=O) groups excluding carboxylic acids is 2. The molecule has 164 valence electrons. The van der Waals surface area contributed by atoms with E-state index in [1.54, 1.807) is 30.0 Å². The van der Waals surface area contributed by atoms with Crippen LogP contribution in [-0.4, -0.2) is 72.1 Å². The molecule has 1 fully saturated rings. The standard InChI is InChI=1S/C22H25FN4O3S/c1-14-19(21(29)30-3)20(16-6-4-5-7-17(16)23)27-15(13-31-22(27)24-14)12-18(28)26-10-8-25(2)9-11-26/h4-7,13,20H,8-12H2,1-3H3/t20-/m0/s1. The van der Waals surface area contributed by atoms with Gasteiger partial charge in [0.15, 0.2) is 5.17 Å². The van der Waals surface area contributed by atoms with E-state index in [4.69, 9.17) is 4.74 Å². The molecule has 0 bridgehead atoms. The molecule has 9 heteroatoms. The number of piperazine rings is 1. The topological polar surface area (TPSA) is 65.5 Å². The summed E-state index contributed by atoms with van der Waals surface area (Å²) in [5.74, 6) is -0.973. The Bertz CT molecular complexity index is 998. The van der Waals surface area contributed by atoms with E-state index in [1.165, 1.54) is 24.9 Å². The average Bonchev–Trinajstić information content (AvgIpc) is 3.15. The van der Waals surface area contributed by atoms with Crippen molar-refractivity contribution < 1.29 is 18.7 Å². The summed E-state index contributed by atoms with van der Waals surface area (Å²) in [6.45, 7) is 4.75. The molecule has 1 amide bonds. The lowest BCUT2D eigenvalue weighted by atomic mass is 9.93. The summed E-state index contributed by atoms with van der Waals surface area (Å²) < 4.78 is 19.9. The zero-order chi connectivity index (χ0) is 22.1.